The summed E-state index contributed by atoms with van der Waals surface area (Å²) in [7, 11) is 1.44. The van der Waals surface area contributed by atoms with E-state index in [1.165, 1.54) is 18.2 Å². The first-order chi connectivity index (χ1) is 7.63. The Hall–Kier alpha value is -1.31. The van der Waals surface area contributed by atoms with Crippen LogP contribution < -0.4 is 0 Å². The second-order valence-corrected chi connectivity index (χ2v) is 4.28. The lowest BCUT2D eigenvalue weighted by Gasteiger charge is -2.11. The summed E-state index contributed by atoms with van der Waals surface area (Å²) < 4.78 is 4.61. The number of carbonyl (C=O) groups is 1. The van der Waals surface area contributed by atoms with Crippen molar-refractivity contribution in [3.8, 4) is 0 Å². The van der Waals surface area contributed by atoms with E-state index in [-0.39, 0.29) is 5.97 Å². The normalized spacial score (nSPS) is 12.2. The Morgan fingerprint density at radius 3 is 2.50 bits per heavy atom. The summed E-state index contributed by atoms with van der Waals surface area (Å²) in [6, 6.07) is 8.59. The molecule has 0 saturated heterocycles. The highest BCUT2D eigenvalue weighted by atomic mass is 16.5. The highest BCUT2D eigenvalue weighted by Crippen LogP contribution is 2.21. The van der Waals surface area contributed by atoms with Crippen LogP contribution in [0.1, 0.15) is 43.2 Å². The van der Waals surface area contributed by atoms with Gasteiger partial charge >= 0.3 is 5.97 Å². The molecular formula is C14H20O2. The number of ether oxygens (including phenoxy) is 1. The first-order valence-corrected chi connectivity index (χ1v) is 5.77. The molecule has 0 aliphatic heterocycles. The fourth-order valence-corrected chi connectivity index (χ4v) is 1.72. The van der Waals surface area contributed by atoms with Crippen molar-refractivity contribution in [1.82, 2.24) is 0 Å². The lowest BCUT2D eigenvalue weighted by atomic mass is 9.95. The van der Waals surface area contributed by atoms with E-state index in [0.29, 0.717) is 12.3 Å². The topological polar surface area (TPSA) is 26.3 Å². The van der Waals surface area contributed by atoms with Crippen LogP contribution >= 0.6 is 0 Å². The molecule has 0 spiro atoms. The molecule has 1 atom stereocenters. The van der Waals surface area contributed by atoms with Crippen molar-refractivity contribution < 1.29 is 9.53 Å². The van der Waals surface area contributed by atoms with Crippen molar-refractivity contribution in [2.45, 2.75) is 39.0 Å². The first kappa shape index (κ1) is 12.8. The monoisotopic (exact) mass is 220 g/mol. The second-order valence-electron chi connectivity index (χ2n) is 4.28. The summed E-state index contributed by atoms with van der Waals surface area (Å²) in [6.45, 7) is 4.29. The van der Waals surface area contributed by atoms with E-state index in [9.17, 15) is 4.79 Å². The summed E-state index contributed by atoms with van der Waals surface area (Å²) in [6.07, 6.45) is 2.44. The zero-order valence-corrected chi connectivity index (χ0v) is 10.3. The van der Waals surface area contributed by atoms with Gasteiger partial charge < -0.3 is 4.74 Å². The lowest BCUT2D eigenvalue weighted by Crippen LogP contribution is -2.01. The van der Waals surface area contributed by atoms with Gasteiger partial charge in [-0.05, 0) is 31.2 Å². The molecule has 0 aliphatic rings. The van der Waals surface area contributed by atoms with Gasteiger partial charge in [-0.3, -0.25) is 4.79 Å². The number of benzene rings is 1. The van der Waals surface area contributed by atoms with Crippen LogP contribution in [0.15, 0.2) is 24.3 Å². The average Bonchev–Trinajstić information content (AvgIpc) is 2.29. The van der Waals surface area contributed by atoms with Gasteiger partial charge in [-0.1, -0.05) is 36.8 Å². The molecule has 2 heteroatoms. The Balaban J connectivity index is 2.37. The van der Waals surface area contributed by atoms with Crippen LogP contribution in [0, 0.1) is 6.92 Å². The molecule has 1 aromatic rings. The van der Waals surface area contributed by atoms with Gasteiger partial charge in [0.15, 0.2) is 0 Å². The number of esters is 1. The third-order valence-electron chi connectivity index (χ3n) is 2.89. The Morgan fingerprint density at radius 1 is 1.31 bits per heavy atom. The van der Waals surface area contributed by atoms with Crippen LogP contribution in [-0.4, -0.2) is 13.1 Å². The number of rotatable bonds is 5. The Bertz CT molecular complexity index is 327. The molecule has 0 heterocycles. The van der Waals surface area contributed by atoms with E-state index in [2.05, 4.69) is 42.8 Å². The molecule has 88 valence electrons. The van der Waals surface area contributed by atoms with Crippen LogP contribution in [0.5, 0.6) is 0 Å². The SMILES string of the molecule is COC(=O)CCC[C@@H](C)c1ccc(C)cc1. The highest BCUT2D eigenvalue weighted by molar-refractivity contribution is 5.68. The van der Waals surface area contributed by atoms with Gasteiger partial charge in [0.1, 0.15) is 0 Å². The Labute approximate surface area is 97.6 Å². The van der Waals surface area contributed by atoms with Crippen molar-refractivity contribution in [1.29, 1.82) is 0 Å². The summed E-state index contributed by atoms with van der Waals surface area (Å²) in [5.74, 6) is 0.390. The highest BCUT2D eigenvalue weighted by Gasteiger charge is 2.07. The second kappa shape index (κ2) is 6.31. The third-order valence-corrected chi connectivity index (χ3v) is 2.89. The van der Waals surface area contributed by atoms with Crippen LogP contribution in [0.2, 0.25) is 0 Å². The number of hydrogen-bond acceptors (Lipinski definition) is 2. The molecule has 0 amide bonds. The van der Waals surface area contributed by atoms with Crippen molar-refractivity contribution in [3.05, 3.63) is 35.4 Å². The van der Waals surface area contributed by atoms with E-state index in [1.807, 2.05) is 0 Å². The van der Waals surface area contributed by atoms with Gasteiger partial charge in [0, 0.05) is 6.42 Å². The average molecular weight is 220 g/mol. The smallest absolute Gasteiger partial charge is 0.305 e. The zero-order valence-electron chi connectivity index (χ0n) is 10.3. The zero-order chi connectivity index (χ0) is 12.0. The fourth-order valence-electron chi connectivity index (χ4n) is 1.72. The maximum absolute atomic E-state index is 11.0. The molecule has 1 rings (SSSR count). The molecule has 2 nitrogen and oxygen atoms in total. The molecule has 0 unspecified atom stereocenters. The largest absolute Gasteiger partial charge is 0.469 e. The molecule has 0 aromatic heterocycles. The Kier molecular flexibility index (Phi) is 5.03. The molecule has 0 radical (unpaired) electrons. The molecule has 0 fully saturated rings. The number of aryl methyl sites for hydroxylation is 1. The maximum Gasteiger partial charge on any atom is 0.305 e. The van der Waals surface area contributed by atoms with Crippen molar-refractivity contribution in [2.24, 2.45) is 0 Å². The third kappa shape index (κ3) is 4.05. The van der Waals surface area contributed by atoms with Crippen LogP contribution in [0.3, 0.4) is 0 Å². The van der Waals surface area contributed by atoms with E-state index in [1.54, 1.807) is 0 Å². The first-order valence-electron chi connectivity index (χ1n) is 5.77. The molecule has 0 saturated carbocycles. The fraction of sp³-hybridized carbons (Fsp3) is 0.500. The standard InChI is InChI=1S/C14H20O2/c1-11-7-9-13(10-8-11)12(2)5-4-6-14(15)16-3/h7-10,12H,4-6H2,1-3H3/t12-/m1/s1. The lowest BCUT2D eigenvalue weighted by molar-refractivity contribution is -0.140. The molecule has 1 aromatic carbocycles. The minimum absolute atomic E-state index is 0.115. The molecular weight excluding hydrogens is 200 g/mol. The number of hydrogen-bond donors (Lipinski definition) is 0. The molecule has 16 heavy (non-hydrogen) atoms. The number of carbonyl (C=O) groups excluding carboxylic acids is 1. The van der Waals surface area contributed by atoms with E-state index in [0.717, 1.165) is 12.8 Å². The van der Waals surface area contributed by atoms with E-state index < -0.39 is 0 Å². The summed E-state index contributed by atoms with van der Waals surface area (Å²) in [5.41, 5.74) is 2.63. The van der Waals surface area contributed by atoms with Crippen molar-refractivity contribution >= 4 is 5.97 Å². The minimum atomic E-state index is -0.115. The van der Waals surface area contributed by atoms with Crippen LogP contribution in [0.25, 0.3) is 0 Å². The quantitative estimate of drug-likeness (QED) is 0.710. The van der Waals surface area contributed by atoms with Crippen LogP contribution in [-0.2, 0) is 9.53 Å². The molecule has 0 bridgehead atoms. The van der Waals surface area contributed by atoms with E-state index in [4.69, 9.17) is 0 Å². The van der Waals surface area contributed by atoms with Crippen molar-refractivity contribution in [2.75, 3.05) is 7.11 Å². The van der Waals surface area contributed by atoms with Gasteiger partial charge in [0.05, 0.1) is 7.11 Å². The van der Waals surface area contributed by atoms with Gasteiger partial charge in [-0.15, -0.1) is 0 Å². The summed E-state index contributed by atoms with van der Waals surface area (Å²) in [5, 5.41) is 0. The summed E-state index contributed by atoms with van der Waals surface area (Å²) >= 11 is 0. The van der Waals surface area contributed by atoms with Crippen molar-refractivity contribution in [3.63, 3.8) is 0 Å². The van der Waals surface area contributed by atoms with Gasteiger partial charge in [-0.2, -0.15) is 0 Å². The predicted octanol–water partition coefficient (Wildman–Crippen LogP) is 3.44. The maximum atomic E-state index is 11.0. The summed E-state index contributed by atoms with van der Waals surface area (Å²) in [4.78, 5) is 11.0. The number of methoxy groups -OCH3 is 1. The molecule has 0 N–H and O–H groups in total. The predicted molar refractivity (Wildman–Crippen MR) is 65.5 cm³/mol. The molecule has 0 aliphatic carbocycles. The Morgan fingerprint density at radius 2 is 1.94 bits per heavy atom. The van der Waals surface area contributed by atoms with Gasteiger partial charge in [0.2, 0.25) is 0 Å². The van der Waals surface area contributed by atoms with Gasteiger partial charge in [0.25, 0.3) is 0 Å². The van der Waals surface area contributed by atoms with Crippen LogP contribution in [0.4, 0.5) is 0 Å². The van der Waals surface area contributed by atoms with E-state index >= 15 is 0 Å². The van der Waals surface area contributed by atoms with Gasteiger partial charge in [-0.25, -0.2) is 0 Å². The minimum Gasteiger partial charge on any atom is -0.469 e.